The Morgan fingerprint density at radius 3 is 2.77 bits per heavy atom. The smallest absolute Gasteiger partial charge is 0.415 e. The van der Waals surface area contributed by atoms with Gasteiger partial charge in [0.15, 0.2) is 5.60 Å². The van der Waals surface area contributed by atoms with Gasteiger partial charge in [0, 0.05) is 47.1 Å². The van der Waals surface area contributed by atoms with Crippen LogP contribution in [-0.4, -0.2) is 68.5 Å². The van der Waals surface area contributed by atoms with Gasteiger partial charge in [0.1, 0.15) is 29.9 Å². The topological polar surface area (TPSA) is 136 Å². The first-order valence-electron chi connectivity index (χ1n) is 12.7. The third-order valence-corrected chi connectivity index (χ3v) is 7.43. The zero-order valence-corrected chi connectivity index (χ0v) is 22.3. The first-order chi connectivity index (χ1) is 19.2. The predicted octanol–water partition coefficient (Wildman–Crippen LogP) is 4.83. The summed E-state index contributed by atoms with van der Waals surface area (Å²) in [7, 11) is 0. The number of nitrogens with zero attached hydrogens (tertiary/aromatic N) is 5. The number of carboxylic acid groups (broad SMARTS) is 1. The van der Waals surface area contributed by atoms with Crippen molar-refractivity contribution >= 4 is 40.2 Å². The van der Waals surface area contributed by atoms with E-state index in [1.807, 2.05) is 49.4 Å². The molecule has 2 aliphatic rings. The van der Waals surface area contributed by atoms with Crippen molar-refractivity contribution in [1.82, 2.24) is 14.5 Å². The summed E-state index contributed by atoms with van der Waals surface area (Å²) in [5.74, 6) is 1.10. The molecule has 0 spiro atoms. The quantitative estimate of drug-likeness (QED) is 0.246. The van der Waals surface area contributed by atoms with E-state index in [1.165, 1.54) is 11.1 Å². The highest BCUT2D eigenvalue weighted by Gasteiger charge is 2.41. The molecule has 1 N–H and O–H groups in total. The lowest BCUT2D eigenvalue weighted by Crippen LogP contribution is -2.55. The summed E-state index contributed by atoms with van der Waals surface area (Å²) in [5.41, 5.74) is 0.959. The second kappa shape index (κ2) is 9.94. The number of nitro groups is 1. The van der Waals surface area contributed by atoms with Crippen molar-refractivity contribution in [2.75, 3.05) is 31.1 Å². The van der Waals surface area contributed by atoms with Crippen LogP contribution in [0.4, 0.5) is 16.3 Å². The number of fused-ring (bicyclic) bond motifs is 2. The maximum absolute atomic E-state index is 12.0. The van der Waals surface area contributed by atoms with Gasteiger partial charge >= 0.3 is 17.9 Å². The Morgan fingerprint density at radius 1 is 1.25 bits per heavy atom. The number of halogens is 1. The Morgan fingerprint density at radius 2 is 2.05 bits per heavy atom. The third kappa shape index (κ3) is 5.09. The van der Waals surface area contributed by atoms with Crippen molar-refractivity contribution in [1.29, 1.82) is 0 Å². The molecule has 0 aliphatic carbocycles. The molecule has 0 saturated carbocycles. The normalized spacial score (nSPS) is 20.4. The average Bonchev–Trinajstić information content (AvgIpc) is 3.58. The van der Waals surface area contributed by atoms with Gasteiger partial charge in [0.25, 0.3) is 0 Å². The molecule has 1 amide bonds. The number of anilines is 1. The van der Waals surface area contributed by atoms with Crippen LogP contribution in [0.3, 0.4) is 0 Å². The fraction of sp³-hybridized carbons (Fsp3) is 0.333. The molecular weight excluding hydrogens is 542 g/mol. The predicted molar refractivity (Wildman–Crippen MR) is 146 cm³/mol. The molecule has 4 aromatic rings. The van der Waals surface area contributed by atoms with E-state index < -0.39 is 16.6 Å². The maximum atomic E-state index is 12.0. The van der Waals surface area contributed by atoms with Crippen LogP contribution in [0.2, 0.25) is 5.02 Å². The lowest BCUT2D eigenvalue weighted by Gasteiger charge is -2.40. The molecule has 0 bridgehead atoms. The Kier molecular flexibility index (Phi) is 6.41. The van der Waals surface area contributed by atoms with Crippen LogP contribution >= 0.6 is 11.6 Å². The molecule has 2 aliphatic heterocycles. The molecule has 2 atom stereocenters. The number of piperazine rings is 1. The fourth-order valence-electron chi connectivity index (χ4n) is 5.26. The van der Waals surface area contributed by atoms with Crippen LogP contribution in [0.1, 0.15) is 12.7 Å². The van der Waals surface area contributed by atoms with Crippen LogP contribution in [0, 0.1) is 10.1 Å². The molecule has 1 saturated heterocycles. The van der Waals surface area contributed by atoms with E-state index in [9.17, 15) is 20.0 Å². The van der Waals surface area contributed by atoms with Crippen molar-refractivity contribution in [2.24, 2.45) is 0 Å². The molecule has 40 heavy (non-hydrogen) atoms. The largest absolute Gasteiger partial charge is 0.489 e. The molecule has 13 heteroatoms. The summed E-state index contributed by atoms with van der Waals surface area (Å²) >= 11 is 6.10. The van der Waals surface area contributed by atoms with Gasteiger partial charge in [0.05, 0.1) is 12.6 Å². The number of imidazole rings is 1. The van der Waals surface area contributed by atoms with E-state index in [2.05, 4.69) is 9.88 Å². The van der Waals surface area contributed by atoms with Gasteiger partial charge in [-0.05, 0) is 60.4 Å². The highest BCUT2D eigenvalue weighted by atomic mass is 35.5. The minimum Gasteiger partial charge on any atom is -0.489 e. The average molecular weight is 568 g/mol. The van der Waals surface area contributed by atoms with E-state index in [4.69, 9.17) is 25.5 Å². The SMILES string of the molecule is CC1(COc2ccc(N3CCN(C(=O)O)C(Cc4cc5cc(Cl)ccc5o4)C3)cc2)Cn2cc([N+](=O)[O-])nc2O1. The number of hydrogen-bond acceptors (Lipinski definition) is 8. The molecule has 12 nitrogen and oxygen atoms in total. The van der Waals surface area contributed by atoms with Crippen LogP contribution in [0.15, 0.2) is 59.1 Å². The molecule has 2 aromatic carbocycles. The van der Waals surface area contributed by atoms with E-state index in [0.717, 1.165) is 11.1 Å². The Balaban J connectivity index is 1.09. The van der Waals surface area contributed by atoms with Gasteiger partial charge in [-0.25, -0.2) is 4.79 Å². The number of carbonyl (C=O) groups is 1. The van der Waals surface area contributed by atoms with E-state index in [0.29, 0.717) is 54.7 Å². The number of hydrogen-bond donors (Lipinski definition) is 1. The van der Waals surface area contributed by atoms with Crippen molar-refractivity contribution in [2.45, 2.75) is 31.5 Å². The number of amides is 1. The van der Waals surface area contributed by atoms with Gasteiger partial charge in [-0.15, -0.1) is 0 Å². The van der Waals surface area contributed by atoms with E-state index >= 15 is 0 Å². The van der Waals surface area contributed by atoms with Crippen molar-refractivity contribution < 1.29 is 28.7 Å². The maximum Gasteiger partial charge on any atom is 0.415 e. The highest BCUT2D eigenvalue weighted by Crippen LogP contribution is 2.32. The second-order valence-electron chi connectivity index (χ2n) is 10.3. The molecule has 1 fully saturated rings. The first-order valence-corrected chi connectivity index (χ1v) is 13.1. The second-order valence-corrected chi connectivity index (χ2v) is 10.7. The van der Waals surface area contributed by atoms with Crippen molar-refractivity contribution in [3.63, 3.8) is 0 Å². The number of ether oxygens (including phenoxy) is 2. The van der Waals surface area contributed by atoms with Gasteiger partial charge in [0.2, 0.25) is 0 Å². The minimum atomic E-state index is -0.952. The number of aromatic nitrogens is 2. The van der Waals surface area contributed by atoms with Gasteiger partial charge in [-0.2, -0.15) is 0 Å². The van der Waals surface area contributed by atoms with Crippen molar-refractivity contribution in [3.8, 4) is 11.8 Å². The zero-order chi connectivity index (χ0) is 28.0. The Bertz CT molecular complexity index is 1560. The summed E-state index contributed by atoms with van der Waals surface area (Å²) in [6.07, 6.45) is 0.846. The van der Waals surface area contributed by atoms with E-state index in [-0.39, 0.29) is 24.5 Å². The van der Waals surface area contributed by atoms with Gasteiger partial charge in [-0.3, -0.25) is 4.57 Å². The molecule has 208 valence electrons. The molecule has 4 heterocycles. The number of furan rings is 1. The van der Waals surface area contributed by atoms with Crippen molar-refractivity contribution in [3.05, 3.63) is 75.6 Å². The summed E-state index contributed by atoms with van der Waals surface area (Å²) in [6, 6.07) is 14.8. The third-order valence-electron chi connectivity index (χ3n) is 7.20. The molecule has 6 rings (SSSR count). The lowest BCUT2D eigenvalue weighted by atomic mass is 10.1. The molecule has 0 radical (unpaired) electrons. The summed E-state index contributed by atoms with van der Waals surface area (Å²) in [5, 5.41) is 22.2. The lowest BCUT2D eigenvalue weighted by molar-refractivity contribution is -0.389. The Labute approximate surface area is 233 Å². The van der Waals surface area contributed by atoms with Crippen LogP contribution in [-0.2, 0) is 13.0 Å². The summed E-state index contributed by atoms with van der Waals surface area (Å²) < 4.78 is 19.4. The van der Waals surface area contributed by atoms with E-state index in [1.54, 1.807) is 10.6 Å². The monoisotopic (exact) mass is 567 g/mol. The first kappa shape index (κ1) is 25.8. The van der Waals surface area contributed by atoms with Gasteiger partial charge < -0.3 is 38.9 Å². The zero-order valence-electron chi connectivity index (χ0n) is 21.5. The molecular formula is C27H26ClN5O7. The highest BCUT2D eigenvalue weighted by molar-refractivity contribution is 6.31. The molecule has 2 aromatic heterocycles. The fourth-order valence-corrected chi connectivity index (χ4v) is 5.44. The van der Waals surface area contributed by atoms with Crippen LogP contribution in [0.25, 0.3) is 11.0 Å². The number of rotatable bonds is 7. The Hall–Kier alpha value is -4.45. The number of benzene rings is 2. The van der Waals surface area contributed by atoms with Crippen LogP contribution < -0.4 is 14.4 Å². The summed E-state index contributed by atoms with van der Waals surface area (Å²) in [4.78, 5) is 29.9. The molecule has 2 unspecified atom stereocenters. The standard InChI is InChI=1S/C27H26ClN5O7/c1-27(15-31-14-24(33(36)37)29-25(31)40-27)16-38-21-5-3-19(4-6-21)30-8-9-32(26(34)35)20(13-30)12-22-11-17-10-18(28)2-7-23(17)39-22/h2-7,10-11,14,20H,8-9,12-13,15-16H2,1H3,(H,34,35). The van der Waals surface area contributed by atoms with Crippen LogP contribution in [0.5, 0.6) is 11.8 Å². The minimum absolute atomic E-state index is 0.203. The summed E-state index contributed by atoms with van der Waals surface area (Å²) in [6.45, 7) is 3.91. The van der Waals surface area contributed by atoms with Gasteiger partial charge in [-0.1, -0.05) is 11.6 Å².